The van der Waals surface area contributed by atoms with Gasteiger partial charge in [-0.15, -0.1) is 0 Å². The van der Waals surface area contributed by atoms with Crippen molar-refractivity contribution >= 4 is 55.1 Å². The Labute approximate surface area is 236 Å². The van der Waals surface area contributed by atoms with Gasteiger partial charge in [-0.05, 0) is 69.4 Å². The molecule has 186 valence electrons. The molecule has 0 aliphatic carbocycles. The Morgan fingerprint density at radius 3 is 2.12 bits per heavy atom. The van der Waals surface area contributed by atoms with Crippen LogP contribution in [0, 0.1) is 0 Å². The maximum absolute atomic E-state index is 2.45. The predicted molar refractivity (Wildman–Crippen MR) is 171 cm³/mol. The summed E-state index contributed by atoms with van der Waals surface area (Å²) in [5, 5.41) is 7.77. The highest BCUT2D eigenvalue weighted by Gasteiger charge is 2.20. The predicted octanol–water partition coefficient (Wildman–Crippen LogP) is 10.9. The van der Waals surface area contributed by atoms with Crippen molar-refractivity contribution in [3.63, 3.8) is 0 Å². The van der Waals surface area contributed by atoms with Crippen molar-refractivity contribution in [1.82, 2.24) is 4.57 Å². The number of nitrogens with zero attached hydrogens (tertiary/aromatic N) is 1. The number of fused-ring (bicyclic) bond motifs is 7. The molecular weight excluding hydrogens is 502 g/mol. The van der Waals surface area contributed by atoms with E-state index in [0.29, 0.717) is 0 Å². The summed E-state index contributed by atoms with van der Waals surface area (Å²) < 4.78 is 2.45. The first kappa shape index (κ1) is 22.1. The molecule has 0 fully saturated rings. The van der Waals surface area contributed by atoms with Crippen LogP contribution < -0.4 is 0 Å². The fraction of sp³-hybridized carbons (Fsp3) is 0. The molecule has 1 aliphatic heterocycles. The molecule has 2 heteroatoms. The summed E-state index contributed by atoms with van der Waals surface area (Å²) in [6, 6.07) is 51.3. The first-order chi connectivity index (χ1) is 19.8. The fourth-order valence-electron chi connectivity index (χ4n) is 6.55. The van der Waals surface area contributed by atoms with Gasteiger partial charge in [0.1, 0.15) is 0 Å². The fourth-order valence-corrected chi connectivity index (χ4v) is 7.67. The summed E-state index contributed by atoms with van der Waals surface area (Å²) in [6.07, 6.45) is 0. The number of hydrogen-bond acceptors (Lipinski definition) is 1. The highest BCUT2D eigenvalue weighted by molar-refractivity contribution is 7.99. The summed E-state index contributed by atoms with van der Waals surface area (Å²) >= 11 is 1.88. The summed E-state index contributed by atoms with van der Waals surface area (Å²) in [5.74, 6) is 0. The average molecular weight is 526 g/mol. The Hall–Kier alpha value is -4.79. The van der Waals surface area contributed by atoms with Crippen molar-refractivity contribution in [3.8, 4) is 27.9 Å². The van der Waals surface area contributed by atoms with Gasteiger partial charge in [0.05, 0.1) is 11.0 Å². The van der Waals surface area contributed by atoms with Gasteiger partial charge in [-0.1, -0.05) is 115 Å². The maximum atomic E-state index is 2.45. The van der Waals surface area contributed by atoms with E-state index in [1.807, 2.05) is 11.8 Å². The third-order valence-electron chi connectivity index (χ3n) is 8.36. The Kier molecular flexibility index (Phi) is 4.61. The van der Waals surface area contributed by atoms with Crippen molar-refractivity contribution in [2.24, 2.45) is 0 Å². The molecule has 1 aliphatic rings. The lowest BCUT2D eigenvalue weighted by atomic mass is 9.94. The van der Waals surface area contributed by atoms with Gasteiger partial charge < -0.3 is 4.57 Å². The molecular formula is C38H23NS. The van der Waals surface area contributed by atoms with Gasteiger partial charge in [0.25, 0.3) is 0 Å². The number of para-hydroxylation sites is 1. The zero-order valence-corrected chi connectivity index (χ0v) is 22.5. The molecule has 0 N–H and O–H groups in total. The molecule has 2 heterocycles. The molecule has 1 aromatic heterocycles. The Morgan fingerprint density at radius 1 is 0.450 bits per heavy atom. The van der Waals surface area contributed by atoms with Gasteiger partial charge >= 0.3 is 0 Å². The van der Waals surface area contributed by atoms with E-state index < -0.39 is 0 Å². The molecule has 0 atom stereocenters. The first-order valence-electron chi connectivity index (χ1n) is 13.7. The lowest BCUT2D eigenvalue weighted by Crippen LogP contribution is -1.95. The van der Waals surface area contributed by atoms with E-state index in [9.17, 15) is 0 Å². The van der Waals surface area contributed by atoms with E-state index in [4.69, 9.17) is 0 Å². The summed E-state index contributed by atoms with van der Waals surface area (Å²) in [4.78, 5) is 2.66. The van der Waals surface area contributed by atoms with E-state index in [0.717, 1.165) is 0 Å². The van der Waals surface area contributed by atoms with Gasteiger partial charge in [-0.3, -0.25) is 0 Å². The van der Waals surface area contributed by atoms with E-state index in [2.05, 4.69) is 144 Å². The standard InChI is InChI=1S/C38H23NS/c1-2-11-28(12-3-1)39-34-23-27(17-19-30(34)32-20-16-24-8-4-5-13-29(24)38(32)39)26-18-21-35-33(22-26)31-14-6-9-25-10-7-15-36(40-35)37(25)31/h1-23H. The lowest BCUT2D eigenvalue weighted by molar-refractivity contribution is 1.19. The molecule has 40 heavy (non-hydrogen) atoms. The minimum absolute atomic E-state index is 1.18. The molecule has 0 bridgehead atoms. The van der Waals surface area contributed by atoms with Crippen molar-refractivity contribution in [1.29, 1.82) is 0 Å². The average Bonchev–Trinajstić information content (AvgIpc) is 3.36. The molecule has 0 saturated carbocycles. The molecule has 0 radical (unpaired) electrons. The highest BCUT2D eigenvalue weighted by atomic mass is 32.2. The van der Waals surface area contributed by atoms with Crippen LogP contribution in [0.2, 0.25) is 0 Å². The van der Waals surface area contributed by atoms with Gasteiger partial charge in [0.2, 0.25) is 0 Å². The van der Waals surface area contributed by atoms with Crippen molar-refractivity contribution in [2.45, 2.75) is 9.79 Å². The number of rotatable bonds is 2. The molecule has 8 aromatic rings. The SMILES string of the molecule is c1ccc(-n2c3cc(-c4ccc5c(c4)-c4cccc6cccc(c46)S5)ccc3c3ccc4ccccc4c32)cc1. The number of aromatic nitrogens is 1. The third-order valence-corrected chi connectivity index (χ3v) is 9.49. The quantitative estimate of drug-likeness (QED) is 0.217. The Morgan fingerprint density at radius 2 is 1.20 bits per heavy atom. The molecule has 0 saturated heterocycles. The molecule has 0 spiro atoms. The maximum Gasteiger partial charge on any atom is 0.0619 e. The lowest BCUT2D eigenvalue weighted by Gasteiger charge is -2.21. The van der Waals surface area contributed by atoms with Crippen molar-refractivity contribution in [2.75, 3.05) is 0 Å². The van der Waals surface area contributed by atoms with E-state index >= 15 is 0 Å². The first-order valence-corrected chi connectivity index (χ1v) is 14.5. The zero-order valence-electron chi connectivity index (χ0n) is 21.6. The molecule has 7 aromatic carbocycles. The van der Waals surface area contributed by atoms with E-state index in [1.165, 1.54) is 81.1 Å². The van der Waals surface area contributed by atoms with Gasteiger partial charge in [0.15, 0.2) is 0 Å². The normalized spacial score (nSPS) is 12.4. The van der Waals surface area contributed by atoms with E-state index in [1.54, 1.807) is 0 Å². The second kappa shape index (κ2) is 8.35. The number of benzene rings is 7. The minimum Gasteiger partial charge on any atom is -0.309 e. The summed E-state index contributed by atoms with van der Waals surface area (Å²) in [7, 11) is 0. The summed E-state index contributed by atoms with van der Waals surface area (Å²) in [5.41, 5.74) is 8.80. The monoisotopic (exact) mass is 525 g/mol. The molecule has 0 amide bonds. The largest absolute Gasteiger partial charge is 0.309 e. The second-order valence-electron chi connectivity index (χ2n) is 10.6. The summed E-state index contributed by atoms with van der Waals surface area (Å²) in [6.45, 7) is 0. The minimum atomic E-state index is 1.18. The van der Waals surface area contributed by atoms with Crippen LogP contribution in [0.25, 0.3) is 71.3 Å². The van der Waals surface area contributed by atoms with Crippen LogP contribution >= 0.6 is 11.8 Å². The van der Waals surface area contributed by atoms with Crippen LogP contribution in [0.3, 0.4) is 0 Å². The van der Waals surface area contributed by atoms with Crippen molar-refractivity contribution in [3.05, 3.63) is 140 Å². The Balaban J connectivity index is 1.31. The van der Waals surface area contributed by atoms with Gasteiger partial charge in [0, 0.05) is 37.0 Å². The topological polar surface area (TPSA) is 4.93 Å². The van der Waals surface area contributed by atoms with Crippen LogP contribution in [-0.2, 0) is 0 Å². The third kappa shape index (κ3) is 3.11. The van der Waals surface area contributed by atoms with Crippen LogP contribution in [0.15, 0.2) is 149 Å². The molecule has 0 unspecified atom stereocenters. The highest BCUT2D eigenvalue weighted by Crippen LogP contribution is 2.49. The zero-order chi connectivity index (χ0) is 26.2. The van der Waals surface area contributed by atoms with Crippen LogP contribution in [0.1, 0.15) is 0 Å². The van der Waals surface area contributed by atoms with Crippen LogP contribution in [0.4, 0.5) is 0 Å². The smallest absolute Gasteiger partial charge is 0.0619 e. The number of hydrogen-bond donors (Lipinski definition) is 0. The van der Waals surface area contributed by atoms with E-state index in [-0.39, 0.29) is 0 Å². The Bertz CT molecular complexity index is 2290. The second-order valence-corrected chi connectivity index (χ2v) is 11.6. The van der Waals surface area contributed by atoms with Gasteiger partial charge in [-0.25, -0.2) is 0 Å². The van der Waals surface area contributed by atoms with Crippen molar-refractivity contribution < 1.29 is 0 Å². The van der Waals surface area contributed by atoms with Crippen LogP contribution in [-0.4, -0.2) is 4.57 Å². The molecule has 1 nitrogen and oxygen atoms in total. The van der Waals surface area contributed by atoms with Crippen LogP contribution in [0.5, 0.6) is 0 Å². The molecule has 9 rings (SSSR count). The van der Waals surface area contributed by atoms with Gasteiger partial charge in [-0.2, -0.15) is 0 Å².